The zero-order valence-electron chi connectivity index (χ0n) is 11.4. The number of hydrogen-bond donors (Lipinski definition) is 1. The van der Waals surface area contributed by atoms with Crippen molar-refractivity contribution in [1.29, 1.82) is 0 Å². The highest BCUT2D eigenvalue weighted by Crippen LogP contribution is 2.59. The van der Waals surface area contributed by atoms with Crippen LogP contribution in [0.5, 0.6) is 0 Å². The Bertz CT molecular complexity index is 532. The van der Waals surface area contributed by atoms with Gasteiger partial charge in [-0.2, -0.15) is 8.42 Å². The molecule has 4 fully saturated rings. The summed E-state index contributed by atoms with van der Waals surface area (Å²) >= 11 is 0. The van der Waals surface area contributed by atoms with E-state index < -0.39 is 10.1 Å². The van der Waals surface area contributed by atoms with Crippen LogP contribution >= 0.6 is 0 Å². The van der Waals surface area contributed by atoms with Crippen LogP contribution in [0.1, 0.15) is 44.9 Å². The number of Topliss-reactive ketones (excluding diaryl/α,β-unsaturated/α-hetero) is 2. The molecule has 0 aromatic rings. The first-order valence-corrected chi connectivity index (χ1v) is 8.92. The van der Waals surface area contributed by atoms with Crippen molar-refractivity contribution in [1.82, 2.24) is 0 Å². The molecular formula is C14H20O5S. The highest BCUT2D eigenvalue weighted by atomic mass is 32.2. The predicted octanol–water partition coefficient (Wildman–Crippen LogP) is 1.62. The van der Waals surface area contributed by atoms with E-state index >= 15 is 0 Å². The average molecular weight is 300 g/mol. The van der Waals surface area contributed by atoms with Gasteiger partial charge in [-0.05, 0) is 44.4 Å². The Morgan fingerprint density at radius 2 is 1.80 bits per heavy atom. The highest BCUT2D eigenvalue weighted by molar-refractivity contribution is 7.85. The van der Waals surface area contributed by atoms with E-state index in [2.05, 4.69) is 0 Å². The fraction of sp³-hybridized carbons (Fsp3) is 0.857. The van der Waals surface area contributed by atoms with Crippen LogP contribution in [0.25, 0.3) is 0 Å². The first kappa shape index (κ1) is 14.2. The zero-order valence-corrected chi connectivity index (χ0v) is 12.2. The van der Waals surface area contributed by atoms with Gasteiger partial charge in [0.1, 0.15) is 11.6 Å². The van der Waals surface area contributed by atoms with Crippen molar-refractivity contribution in [3.05, 3.63) is 0 Å². The molecule has 0 heterocycles. The second-order valence-corrected chi connectivity index (χ2v) is 8.41. The molecule has 0 aromatic carbocycles. The highest BCUT2D eigenvalue weighted by Gasteiger charge is 2.57. The third-order valence-electron chi connectivity index (χ3n) is 5.39. The molecule has 6 heteroatoms. The summed E-state index contributed by atoms with van der Waals surface area (Å²) in [5, 5.41) is 0. The standard InChI is InChI=1S/C14H20O5S/c15-12(2-1-3-20(17,18)19)14-6-9-4-10(7-14)13(16)11(5-9)8-14/h9-11H,1-8H2,(H,17,18,19). The van der Waals surface area contributed by atoms with Gasteiger partial charge in [0.25, 0.3) is 10.1 Å². The van der Waals surface area contributed by atoms with Gasteiger partial charge in [-0.25, -0.2) is 0 Å². The van der Waals surface area contributed by atoms with Crippen LogP contribution in [-0.2, 0) is 19.7 Å². The lowest BCUT2D eigenvalue weighted by Crippen LogP contribution is -2.54. The zero-order chi connectivity index (χ0) is 14.5. The quantitative estimate of drug-likeness (QED) is 0.779. The number of carbonyl (C=O) groups is 2. The minimum absolute atomic E-state index is 0.0618. The van der Waals surface area contributed by atoms with Gasteiger partial charge in [-0.3, -0.25) is 14.1 Å². The van der Waals surface area contributed by atoms with Gasteiger partial charge in [0.2, 0.25) is 0 Å². The van der Waals surface area contributed by atoms with E-state index in [1.807, 2.05) is 0 Å². The fourth-order valence-electron chi connectivity index (χ4n) is 4.77. The Kier molecular flexibility index (Phi) is 3.29. The number of ketones is 2. The number of rotatable bonds is 5. The second kappa shape index (κ2) is 4.63. The maximum atomic E-state index is 12.5. The number of hydrogen-bond acceptors (Lipinski definition) is 4. The Labute approximate surface area is 118 Å². The first-order chi connectivity index (χ1) is 9.29. The van der Waals surface area contributed by atoms with E-state index in [0.29, 0.717) is 24.5 Å². The normalized spacial score (nSPS) is 39.2. The van der Waals surface area contributed by atoms with E-state index in [0.717, 1.165) is 19.3 Å². The summed E-state index contributed by atoms with van der Waals surface area (Å²) in [6.45, 7) is 0. The van der Waals surface area contributed by atoms with Gasteiger partial charge in [-0.15, -0.1) is 0 Å². The molecule has 2 atom stereocenters. The van der Waals surface area contributed by atoms with Crippen molar-refractivity contribution in [2.45, 2.75) is 44.9 Å². The van der Waals surface area contributed by atoms with Gasteiger partial charge < -0.3 is 0 Å². The van der Waals surface area contributed by atoms with Gasteiger partial charge in [0.15, 0.2) is 0 Å². The topological polar surface area (TPSA) is 88.5 Å². The molecule has 4 aliphatic rings. The SMILES string of the molecule is O=C1C2CC3CC1CC(C(=O)CCCS(=O)(=O)O)(C3)C2. The fourth-order valence-corrected chi connectivity index (χ4v) is 5.28. The number of carbonyl (C=O) groups excluding carboxylic acids is 2. The molecule has 4 aliphatic carbocycles. The molecule has 0 radical (unpaired) electrons. The van der Waals surface area contributed by atoms with Gasteiger partial charge >= 0.3 is 0 Å². The molecule has 0 spiro atoms. The summed E-state index contributed by atoms with van der Waals surface area (Å²) in [7, 11) is -3.99. The molecule has 0 saturated heterocycles. The van der Waals surface area contributed by atoms with Crippen molar-refractivity contribution in [2.75, 3.05) is 5.75 Å². The van der Waals surface area contributed by atoms with Crippen molar-refractivity contribution in [3.8, 4) is 0 Å². The molecular weight excluding hydrogens is 280 g/mol. The molecule has 4 saturated carbocycles. The first-order valence-electron chi connectivity index (χ1n) is 7.31. The van der Waals surface area contributed by atoms with Gasteiger partial charge in [-0.1, -0.05) is 0 Å². The van der Waals surface area contributed by atoms with E-state index in [1.165, 1.54) is 0 Å². The van der Waals surface area contributed by atoms with Crippen LogP contribution in [0, 0.1) is 23.2 Å². The molecule has 4 rings (SSSR count). The lowest BCUT2D eigenvalue weighted by molar-refractivity contribution is -0.156. The summed E-state index contributed by atoms with van der Waals surface area (Å²) in [5.74, 6) is 0.717. The van der Waals surface area contributed by atoms with E-state index in [9.17, 15) is 18.0 Å². The molecule has 20 heavy (non-hydrogen) atoms. The van der Waals surface area contributed by atoms with Crippen LogP contribution in [0.2, 0.25) is 0 Å². The monoisotopic (exact) mass is 300 g/mol. The Morgan fingerprint density at radius 1 is 1.20 bits per heavy atom. The summed E-state index contributed by atoms with van der Waals surface area (Å²) in [4.78, 5) is 24.6. The lowest BCUT2D eigenvalue weighted by Gasteiger charge is -2.54. The van der Waals surface area contributed by atoms with Crippen LogP contribution in [0.15, 0.2) is 0 Å². The van der Waals surface area contributed by atoms with Crippen LogP contribution < -0.4 is 0 Å². The summed E-state index contributed by atoms with van der Waals surface area (Å²) in [6, 6.07) is 0. The molecule has 2 unspecified atom stereocenters. The molecule has 0 amide bonds. The third-order valence-corrected chi connectivity index (χ3v) is 6.20. The van der Waals surface area contributed by atoms with E-state index in [4.69, 9.17) is 4.55 Å². The smallest absolute Gasteiger partial charge is 0.264 e. The minimum Gasteiger partial charge on any atom is -0.299 e. The van der Waals surface area contributed by atoms with E-state index in [-0.39, 0.29) is 41.6 Å². The van der Waals surface area contributed by atoms with Crippen molar-refractivity contribution < 1.29 is 22.6 Å². The Hall–Kier alpha value is -0.750. The van der Waals surface area contributed by atoms with E-state index in [1.54, 1.807) is 0 Å². The molecule has 0 aliphatic heterocycles. The molecule has 112 valence electrons. The predicted molar refractivity (Wildman–Crippen MR) is 71.7 cm³/mol. The molecule has 0 aromatic heterocycles. The summed E-state index contributed by atoms with van der Waals surface area (Å²) in [6.07, 6.45) is 4.46. The largest absolute Gasteiger partial charge is 0.299 e. The minimum atomic E-state index is -3.99. The lowest BCUT2D eigenvalue weighted by atomic mass is 9.48. The molecule has 4 bridgehead atoms. The van der Waals surface area contributed by atoms with Crippen molar-refractivity contribution in [2.24, 2.45) is 23.2 Å². The maximum Gasteiger partial charge on any atom is 0.264 e. The third kappa shape index (κ3) is 2.44. The summed E-state index contributed by atoms with van der Waals surface area (Å²) < 4.78 is 30.1. The van der Waals surface area contributed by atoms with Crippen molar-refractivity contribution >= 4 is 21.7 Å². The molecule has 1 N–H and O–H groups in total. The van der Waals surface area contributed by atoms with Gasteiger partial charge in [0.05, 0.1) is 5.75 Å². The van der Waals surface area contributed by atoms with Crippen LogP contribution in [0.4, 0.5) is 0 Å². The second-order valence-electron chi connectivity index (χ2n) is 6.84. The van der Waals surface area contributed by atoms with Crippen LogP contribution in [-0.4, -0.2) is 30.3 Å². The Morgan fingerprint density at radius 3 is 2.35 bits per heavy atom. The van der Waals surface area contributed by atoms with Gasteiger partial charge in [0, 0.05) is 23.7 Å². The van der Waals surface area contributed by atoms with Crippen LogP contribution in [0.3, 0.4) is 0 Å². The molecule has 5 nitrogen and oxygen atoms in total. The maximum absolute atomic E-state index is 12.5. The average Bonchev–Trinajstić information content (AvgIpc) is 2.33. The summed E-state index contributed by atoms with van der Waals surface area (Å²) in [5.41, 5.74) is -0.371. The van der Waals surface area contributed by atoms with Crippen molar-refractivity contribution in [3.63, 3.8) is 0 Å². The Balaban J connectivity index is 1.67.